The van der Waals surface area contributed by atoms with Crippen molar-refractivity contribution in [2.24, 2.45) is 0 Å². The highest BCUT2D eigenvalue weighted by Gasteiger charge is 2.40. The van der Waals surface area contributed by atoms with Gasteiger partial charge in [-0.25, -0.2) is 4.98 Å². The molecule has 8 heteroatoms. The third kappa shape index (κ3) is 3.45. The number of likely N-dealkylation sites (tertiary alicyclic amines) is 1. The molecule has 1 spiro atoms. The number of anilines is 1. The fraction of sp³-hybridized carbons (Fsp3) is 0.643. The minimum atomic E-state index is -0.462. The molecule has 22 heavy (non-hydrogen) atoms. The van der Waals surface area contributed by atoms with Gasteiger partial charge in [-0.05, 0) is 0 Å². The lowest BCUT2D eigenvalue weighted by Gasteiger charge is -2.37. The topological polar surface area (TPSA) is 80.8 Å². The van der Waals surface area contributed by atoms with Crippen molar-refractivity contribution in [3.05, 3.63) is 11.1 Å². The molecular formula is C14H19N3O4S. The van der Waals surface area contributed by atoms with Gasteiger partial charge in [0.05, 0.1) is 25.3 Å². The number of hydrogen-bond donors (Lipinski definition) is 1. The molecule has 0 atom stereocenters. The fourth-order valence-corrected chi connectivity index (χ4v) is 3.50. The van der Waals surface area contributed by atoms with E-state index in [4.69, 9.17) is 9.47 Å². The Kier molecular flexibility index (Phi) is 4.42. The Labute approximate surface area is 132 Å². The number of rotatable bonds is 3. The van der Waals surface area contributed by atoms with Crippen LogP contribution in [0.4, 0.5) is 5.13 Å². The van der Waals surface area contributed by atoms with Crippen LogP contribution in [0, 0.1) is 0 Å². The van der Waals surface area contributed by atoms with E-state index in [1.54, 1.807) is 5.38 Å². The van der Waals surface area contributed by atoms with Crippen molar-refractivity contribution in [2.45, 2.75) is 32.0 Å². The summed E-state index contributed by atoms with van der Waals surface area (Å²) in [5.41, 5.74) is 0.687. The van der Waals surface area contributed by atoms with E-state index in [1.807, 2.05) is 4.90 Å². The Hall–Kier alpha value is -1.51. The van der Waals surface area contributed by atoms with E-state index < -0.39 is 5.79 Å². The van der Waals surface area contributed by atoms with E-state index in [9.17, 15) is 9.59 Å². The zero-order valence-corrected chi connectivity index (χ0v) is 13.3. The first-order valence-electron chi connectivity index (χ1n) is 7.34. The van der Waals surface area contributed by atoms with Gasteiger partial charge < -0.3 is 19.7 Å². The highest BCUT2D eigenvalue weighted by molar-refractivity contribution is 7.13. The molecule has 3 heterocycles. The molecule has 0 bridgehead atoms. The molecule has 2 aliphatic rings. The highest BCUT2D eigenvalue weighted by Crippen LogP contribution is 2.31. The summed E-state index contributed by atoms with van der Waals surface area (Å²) in [5.74, 6) is -0.576. The number of thiazole rings is 1. The molecule has 0 unspecified atom stereocenters. The van der Waals surface area contributed by atoms with Crippen molar-refractivity contribution in [1.82, 2.24) is 9.88 Å². The van der Waals surface area contributed by atoms with E-state index in [-0.39, 0.29) is 18.2 Å². The second kappa shape index (κ2) is 6.31. The van der Waals surface area contributed by atoms with Gasteiger partial charge in [0, 0.05) is 38.2 Å². The average molecular weight is 325 g/mol. The van der Waals surface area contributed by atoms with Crippen LogP contribution in [0.15, 0.2) is 5.38 Å². The molecule has 0 radical (unpaired) electrons. The molecule has 3 rings (SSSR count). The molecular weight excluding hydrogens is 306 g/mol. The zero-order chi connectivity index (χ0) is 15.6. The predicted octanol–water partition coefficient (Wildman–Crippen LogP) is 1.01. The number of carbonyl (C=O) groups is 2. The Morgan fingerprint density at radius 1 is 1.36 bits per heavy atom. The molecule has 2 fully saturated rings. The Bertz CT molecular complexity index is 558. The van der Waals surface area contributed by atoms with Gasteiger partial charge in [0.15, 0.2) is 10.9 Å². The Balaban J connectivity index is 1.52. The van der Waals surface area contributed by atoms with E-state index in [2.05, 4.69) is 10.3 Å². The third-order valence-corrected chi connectivity index (χ3v) is 4.67. The molecule has 1 N–H and O–H groups in total. The molecule has 0 aliphatic carbocycles. The first kappa shape index (κ1) is 15.4. The molecule has 2 saturated heterocycles. The maximum absolute atomic E-state index is 12.3. The lowest BCUT2D eigenvalue weighted by Crippen LogP contribution is -2.47. The van der Waals surface area contributed by atoms with Gasteiger partial charge in [-0.3, -0.25) is 9.59 Å². The second-order valence-corrected chi connectivity index (χ2v) is 6.35. The summed E-state index contributed by atoms with van der Waals surface area (Å²) >= 11 is 1.33. The van der Waals surface area contributed by atoms with Crippen LogP contribution >= 0.6 is 11.3 Å². The maximum atomic E-state index is 12.3. The summed E-state index contributed by atoms with van der Waals surface area (Å²) in [6.07, 6.45) is 1.69. The van der Waals surface area contributed by atoms with Gasteiger partial charge in [-0.1, -0.05) is 0 Å². The fourth-order valence-electron chi connectivity index (χ4n) is 2.75. The van der Waals surface area contributed by atoms with Gasteiger partial charge in [-0.2, -0.15) is 0 Å². The van der Waals surface area contributed by atoms with Gasteiger partial charge in [0.1, 0.15) is 0 Å². The summed E-state index contributed by atoms with van der Waals surface area (Å²) in [7, 11) is 0. The van der Waals surface area contributed by atoms with Crippen LogP contribution < -0.4 is 5.32 Å². The SMILES string of the molecule is CC(=O)Nc1nc(CC(=O)N2CCC3(CC2)OCCO3)cs1. The second-order valence-electron chi connectivity index (χ2n) is 5.49. The summed E-state index contributed by atoms with van der Waals surface area (Å²) in [6.45, 7) is 3.99. The number of aromatic nitrogens is 1. The smallest absolute Gasteiger partial charge is 0.228 e. The Morgan fingerprint density at radius 3 is 2.68 bits per heavy atom. The number of nitrogens with zero attached hydrogens (tertiary/aromatic N) is 2. The van der Waals surface area contributed by atoms with Crippen molar-refractivity contribution in [1.29, 1.82) is 0 Å². The maximum Gasteiger partial charge on any atom is 0.228 e. The van der Waals surface area contributed by atoms with Crippen molar-refractivity contribution in [2.75, 3.05) is 31.6 Å². The minimum absolute atomic E-state index is 0.0486. The largest absolute Gasteiger partial charge is 0.347 e. The molecule has 120 valence electrons. The Morgan fingerprint density at radius 2 is 2.05 bits per heavy atom. The molecule has 2 amide bonds. The van der Waals surface area contributed by atoms with Crippen LogP contribution in [0.3, 0.4) is 0 Å². The van der Waals surface area contributed by atoms with Crippen molar-refractivity contribution >= 4 is 28.3 Å². The number of amides is 2. The van der Waals surface area contributed by atoms with Crippen LogP contribution in [-0.2, 0) is 25.5 Å². The van der Waals surface area contributed by atoms with Crippen LogP contribution in [0.2, 0.25) is 0 Å². The van der Waals surface area contributed by atoms with Crippen LogP contribution in [0.1, 0.15) is 25.5 Å². The summed E-state index contributed by atoms with van der Waals surface area (Å²) in [4.78, 5) is 29.4. The lowest BCUT2D eigenvalue weighted by atomic mass is 10.0. The van der Waals surface area contributed by atoms with Crippen molar-refractivity contribution < 1.29 is 19.1 Å². The van der Waals surface area contributed by atoms with Gasteiger partial charge in [0.2, 0.25) is 11.8 Å². The van der Waals surface area contributed by atoms with E-state index in [0.717, 1.165) is 0 Å². The first-order chi connectivity index (χ1) is 10.6. The molecule has 0 saturated carbocycles. The zero-order valence-electron chi connectivity index (χ0n) is 12.5. The highest BCUT2D eigenvalue weighted by atomic mass is 32.1. The van der Waals surface area contributed by atoms with Crippen LogP contribution in [-0.4, -0.2) is 53.8 Å². The third-order valence-electron chi connectivity index (χ3n) is 3.86. The predicted molar refractivity (Wildman–Crippen MR) is 80.6 cm³/mol. The molecule has 1 aromatic rings. The van der Waals surface area contributed by atoms with Crippen LogP contribution in [0.25, 0.3) is 0 Å². The first-order valence-corrected chi connectivity index (χ1v) is 8.22. The van der Waals surface area contributed by atoms with Crippen molar-refractivity contribution in [3.8, 4) is 0 Å². The number of carbonyl (C=O) groups excluding carboxylic acids is 2. The number of nitrogens with one attached hydrogen (secondary N) is 1. The van der Waals surface area contributed by atoms with E-state index in [0.29, 0.717) is 50.0 Å². The van der Waals surface area contributed by atoms with Crippen LogP contribution in [0.5, 0.6) is 0 Å². The molecule has 2 aliphatic heterocycles. The summed E-state index contributed by atoms with van der Waals surface area (Å²) < 4.78 is 11.3. The average Bonchev–Trinajstić information content (AvgIpc) is 3.09. The molecule has 0 aromatic carbocycles. The number of ether oxygens (including phenoxy) is 2. The minimum Gasteiger partial charge on any atom is -0.347 e. The normalized spacial score (nSPS) is 20.3. The molecule has 7 nitrogen and oxygen atoms in total. The van der Waals surface area contributed by atoms with Gasteiger partial charge in [0.25, 0.3) is 0 Å². The van der Waals surface area contributed by atoms with E-state index in [1.165, 1.54) is 18.3 Å². The lowest BCUT2D eigenvalue weighted by molar-refractivity contribution is -0.187. The van der Waals surface area contributed by atoms with Gasteiger partial charge in [-0.15, -0.1) is 11.3 Å². The van der Waals surface area contributed by atoms with Crippen molar-refractivity contribution in [3.63, 3.8) is 0 Å². The standard InChI is InChI=1S/C14H19N3O4S/c1-10(18)15-13-16-11(9-22-13)8-12(19)17-4-2-14(3-5-17)20-6-7-21-14/h9H,2-8H2,1H3,(H,15,16,18). The number of piperidine rings is 1. The quantitative estimate of drug-likeness (QED) is 0.897. The summed E-state index contributed by atoms with van der Waals surface area (Å²) in [6, 6.07) is 0. The summed E-state index contributed by atoms with van der Waals surface area (Å²) in [5, 5.41) is 4.95. The molecule has 1 aromatic heterocycles. The number of hydrogen-bond acceptors (Lipinski definition) is 6. The van der Waals surface area contributed by atoms with Gasteiger partial charge >= 0.3 is 0 Å². The van der Waals surface area contributed by atoms with E-state index >= 15 is 0 Å². The monoisotopic (exact) mass is 325 g/mol.